The number of sulfonamides is 1. The van der Waals surface area contributed by atoms with Crippen LogP contribution in [0.15, 0.2) is 34.9 Å². The molecule has 1 aromatic carbocycles. The van der Waals surface area contributed by atoms with E-state index in [0.717, 1.165) is 31.2 Å². The van der Waals surface area contributed by atoms with Crippen LogP contribution in [0.4, 0.5) is 5.95 Å². The molecule has 33 heavy (non-hydrogen) atoms. The molecule has 1 saturated heterocycles. The van der Waals surface area contributed by atoms with Crippen molar-refractivity contribution in [3.05, 3.63) is 47.6 Å². The second kappa shape index (κ2) is 9.14. The molecule has 2 aromatic heterocycles. The average Bonchev–Trinajstić information content (AvgIpc) is 3.53. The summed E-state index contributed by atoms with van der Waals surface area (Å²) in [6.07, 6.45) is 5.35. The number of hydrogen-bond donors (Lipinski definition) is 1. The van der Waals surface area contributed by atoms with E-state index in [-0.39, 0.29) is 28.8 Å². The minimum absolute atomic E-state index is 0.00394. The smallest absolute Gasteiger partial charge is 0.240 e. The zero-order valence-electron chi connectivity index (χ0n) is 18.3. The fourth-order valence-corrected chi connectivity index (χ4v) is 6.71. The standard InChI is InChI=1S/C22H27N7O3S/c23-22-25-18(14-15-6-2-1-3-7-15)24-19(27-22)20-26-21(32-28-20)16-10-12-29(13-11-16)33(30,31)17-8-4-5-9-17/h1-3,6-7,16-17H,4-5,8-14H2,(H2,23,24,25,27). The van der Waals surface area contributed by atoms with Crippen molar-refractivity contribution < 1.29 is 12.9 Å². The van der Waals surface area contributed by atoms with E-state index < -0.39 is 10.0 Å². The van der Waals surface area contributed by atoms with E-state index in [1.807, 2.05) is 30.3 Å². The summed E-state index contributed by atoms with van der Waals surface area (Å²) in [7, 11) is -3.21. The highest BCUT2D eigenvalue weighted by atomic mass is 32.2. The van der Waals surface area contributed by atoms with E-state index in [1.54, 1.807) is 4.31 Å². The highest BCUT2D eigenvalue weighted by molar-refractivity contribution is 7.89. The van der Waals surface area contributed by atoms with Gasteiger partial charge in [-0.3, -0.25) is 0 Å². The Kier molecular flexibility index (Phi) is 6.07. The van der Waals surface area contributed by atoms with Crippen molar-refractivity contribution in [2.75, 3.05) is 18.8 Å². The van der Waals surface area contributed by atoms with Crippen LogP contribution in [0.2, 0.25) is 0 Å². The molecule has 3 aromatic rings. The van der Waals surface area contributed by atoms with E-state index in [0.29, 0.717) is 44.1 Å². The van der Waals surface area contributed by atoms with Gasteiger partial charge in [-0.05, 0) is 31.2 Å². The second-order valence-electron chi connectivity index (χ2n) is 8.68. The van der Waals surface area contributed by atoms with Gasteiger partial charge in [0.15, 0.2) is 0 Å². The van der Waals surface area contributed by atoms with Crippen molar-refractivity contribution in [2.24, 2.45) is 0 Å². The van der Waals surface area contributed by atoms with Gasteiger partial charge in [-0.2, -0.15) is 15.0 Å². The summed E-state index contributed by atoms with van der Waals surface area (Å²) in [5, 5.41) is 3.84. The Morgan fingerprint density at radius 2 is 1.67 bits per heavy atom. The van der Waals surface area contributed by atoms with E-state index in [2.05, 4.69) is 25.1 Å². The molecule has 11 heteroatoms. The first-order chi connectivity index (χ1) is 16.0. The van der Waals surface area contributed by atoms with Crippen molar-refractivity contribution in [3.8, 4) is 11.6 Å². The van der Waals surface area contributed by atoms with Gasteiger partial charge in [-0.25, -0.2) is 17.7 Å². The zero-order chi connectivity index (χ0) is 22.8. The molecular weight excluding hydrogens is 442 g/mol. The number of nitrogen functional groups attached to an aromatic ring is 1. The molecule has 0 atom stereocenters. The largest absolute Gasteiger partial charge is 0.368 e. The van der Waals surface area contributed by atoms with E-state index in [4.69, 9.17) is 10.3 Å². The Morgan fingerprint density at radius 3 is 2.39 bits per heavy atom. The minimum atomic E-state index is -3.21. The van der Waals surface area contributed by atoms with Crippen molar-refractivity contribution in [1.82, 2.24) is 29.4 Å². The first-order valence-corrected chi connectivity index (χ1v) is 12.9. The Labute approximate surface area is 192 Å². The number of benzene rings is 1. The molecule has 1 saturated carbocycles. The molecule has 0 radical (unpaired) electrons. The van der Waals surface area contributed by atoms with Gasteiger partial charge < -0.3 is 10.3 Å². The number of nitrogens with zero attached hydrogens (tertiary/aromatic N) is 6. The summed E-state index contributed by atoms with van der Waals surface area (Å²) in [5.74, 6) is 1.64. The average molecular weight is 470 g/mol. The van der Waals surface area contributed by atoms with E-state index >= 15 is 0 Å². The van der Waals surface area contributed by atoms with Gasteiger partial charge in [0.1, 0.15) is 5.82 Å². The van der Waals surface area contributed by atoms with Crippen LogP contribution in [0.5, 0.6) is 0 Å². The molecule has 2 fully saturated rings. The number of aromatic nitrogens is 5. The predicted molar refractivity (Wildman–Crippen MR) is 122 cm³/mol. The maximum absolute atomic E-state index is 12.9. The lowest BCUT2D eigenvalue weighted by Crippen LogP contribution is -2.42. The predicted octanol–water partition coefficient (Wildman–Crippen LogP) is 2.55. The zero-order valence-corrected chi connectivity index (χ0v) is 19.1. The molecule has 2 N–H and O–H groups in total. The Bertz CT molecular complexity index is 1200. The van der Waals surface area contributed by atoms with Crippen LogP contribution in [0, 0.1) is 0 Å². The lowest BCUT2D eigenvalue weighted by molar-refractivity contribution is 0.269. The maximum atomic E-state index is 12.9. The molecule has 0 spiro atoms. The van der Waals surface area contributed by atoms with Crippen molar-refractivity contribution in [2.45, 2.75) is 56.1 Å². The third kappa shape index (κ3) is 4.74. The quantitative estimate of drug-likeness (QED) is 0.576. The van der Waals surface area contributed by atoms with Crippen molar-refractivity contribution in [3.63, 3.8) is 0 Å². The van der Waals surface area contributed by atoms with Crippen LogP contribution in [0.25, 0.3) is 11.6 Å². The van der Waals surface area contributed by atoms with Gasteiger partial charge in [0.2, 0.25) is 33.5 Å². The molecule has 174 valence electrons. The molecule has 0 unspecified atom stereocenters. The molecule has 5 rings (SSSR count). The summed E-state index contributed by atoms with van der Waals surface area (Å²) in [5.41, 5.74) is 6.95. The summed E-state index contributed by atoms with van der Waals surface area (Å²) in [6, 6.07) is 9.84. The Morgan fingerprint density at radius 1 is 0.939 bits per heavy atom. The van der Waals surface area contributed by atoms with Gasteiger partial charge in [-0.1, -0.05) is 48.3 Å². The lowest BCUT2D eigenvalue weighted by atomic mass is 9.98. The first-order valence-electron chi connectivity index (χ1n) is 11.4. The third-order valence-corrected chi connectivity index (χ3v) is 8.83. The fraction of sp³-hybridized carbons (Fsp3) is 0.500. The van der Waals surface area contributed by atoms with Crippen LogP contribution >= 0.6 is 0 Å². The highest BCUT2D eigenvalue weighted by Crippen LogP contribution is 2.33. The van der Waals surface area contributed by atoms with Gasteiger partial charge >= 0.3 is 0 Å². The number of rotatable bonds is 6. The number of nitrogens with two attached hydrogens (primary N) is 1. The molecule has 0 amide bonds. The molecule has 1 aliphatic carbocycles. The Hall–Kier alpha value is -2.92. The Balaban J connectivity index is 1.27. The van der Waals surface area contributed by atoms with Gasteiger partial charge in [0.25, 0.3) is 0 Å². The number of hydrogen-bond acceptors (Lipinski definition) is 9. The van der Waals surface area contributed by atoms with Crippen LogP contribution in [0.1, 0.15) is 61.7 Å². The fourth-order valence-electron chi connectivity index (χ4n) is 4.64. The van der Waals surface area contributed by atoms with Crippen molar-refractivity contribution >= 4 is 16.0 Å². The number of piperidine rings is 1. The molecule has 1 aliphatic heterocycles. The van der Waals surface area contributed by atoms with Crippen LogP contribution in [-0.4, -0.2) is 56.2 Å². The molecule has 10 nitrogen and oxygen atoms in total. The molecular formula is C22H27N7O3S. The molecule has 2 aliphatic rings. The van der Waals surface area contributed by atoms with Gasteiger partial charge in [0, 0.05) is 25.4 Å². The van der Waals surface area contributed by atoms with Crippen molar-refractivity contribution in [1.29, 1.82) is 0 Å². The summed E-state index contributed by atoms with van der Waals surface area (Å²) < 4.78 is 32.9. The number of anilines is 1. The van der Waals surface area contributed by atoms with Gasteiger partial charge in [0.05, 0.1) is 5.25 Å². The first kappa shape index (κ1) is 21.9. The van der Waals surface area contributed by atoms with Crippen LogP contribution < -0.4 is 5.73 Å². The topological polar surface area (TPSA) is 141 Å². The monoisotopic (exact) mass is 469 g/mol. The van der Waals surface area contributed by atoms with E-state index in [1.165, 1.54) is 0 Å². The minimum Gasteiger partial charge on any atom is -0.368 e. The highest BCUT2D eigenvalue weighted by Gasteiger charge is 2.37. The maximum Gasteiger partial charge on any atom is 0.240 e. The lowest BCUT2D eigenvalue weighted by Gasteiger charge is -2.31. The molecule has 3 heterocycles. The summed E-state index contributed by atoms with van der Waals surface area (Å²) >= 11 is 0. The summed E-state index contributed by atoms with van der Waals surface area (Å²) in [6.45, 7) is 0.947. The van der Waals surface area contributed by atoms with E-state index in [9.17, 15) is 8.42 Å². The molecule has 0 bridgehead atoms. The third-order valence-electron chi connectivity index (χ3n) is 6.43. The van der Waals surface area contributed by atoms with Crippen LogP contribution in [0.3, 0.4) is 0 Å². The second-order valence-corrected chi connectivity index (χ2v) is 10.9. The summed E-state index contributed by atoms with van der Waals surface area (Å²) in [4.78, 5) is 17.4. The normalized spacial score (nSPS) is 18.7. The van der Waals surface area contributed by atoms with Gasteiger partial charge in [-0.15, -0.1) is 0 Å². The SMILES string of the molecule is Nc1nc(Cc2ccccc2)nc(-c2noc(C3CCN(S(=O)(=O)C4CCCC4)CC3)n2)n1. The van der Waals surface area contributed by atoms with Crippen LogP contribution in [-0.2, 0) is 16.4 Å².